The molecule has 0 saturated carbocycles. The van der Waals surface area contributed by atoms with Crippen molar-refractivity contribution in [2.75, 3.05) is 0 Å². The summed E-state index contributed by atoms with van der Waals surface area (Å²) in [6.45, 7) is 2.04. The first-order valence-corrected chi connectivity index (χ1v) is 3.97. The minimum atomic E-state index is 0.282. The van der Waals surface area contributed by atoms with Crippen molar-refractivity contribution >= 4 is 5.52 Å². The van der Waals surface area contributed by atoms with Gasteiger partial charge in [-0.2, -0.15) is 0 Å². The molecule has 62 valence electrons. The second kappa shape index (κ2) is 2.52. The Morgan fingerprint density at radius 1 is 1.58 bits per heavy atom. The fraction of sp³-hybridized carbons (Fsp3) is 0.222. The molecular weight excluding hydrogens is 152 g/mol. The van der Waals surface area contributed by atoms with E-state index in [0.717, 1.165) is 17.8 Å². The van der Waals surface area contributed by atoms with Gasteiger partial charge in [0.05, 0.1) is 6.20 Å². The summed E-state index contributed by atoms with van der Waals surface area (Å²) in [6, 6.07) is 3.47. The first-order chi connectivity index (χ1) is 5.83. The monoisotopic (exact) mass is 162 g/mol. The van der Waals surface area contributed by atoms with E-state index in [4.69, 9.17) is 0 Å². The highest BCUT2D eigenvalue weighted by Gasteiger charge is 2.03. The molecule has 0 fully saturated rings. The number of nitrogens with zero attached hydrogens (tertiary/aromatic N) is 2. The zero-order valence-electron chi connectivity index (χ0n) is 6.86. The summed E-state index contributed by atoms with van der Waals surface area (Å²) in [6.07, 6.45) is 4.46. The molecule has 0 aromatic carbocycles. The Bertz CT molecular complexity index is 406. The molecule has 0 aliphatic carbocycles. The maximum Gasteiger partial charge on any atom is 0.141 e. The van der Waals surface area contributed by atoms with Crippen molar-refractivity contribution in [2.45, 2.75) is 13.3 Å². The topological polar surface area (TPSA) is 37.5 Å². The van der Waals surface area contributed by atoms with Crippen molar-refractivity contribution in [3.63, 3.8) is 0 Å². The predicted molar refractivity (Wildman–Crippen MR) is 46.2 cm³/mol. The first kappa shape index (κ1) is 7.16. The van der Waals surface area contributed by atoms with Gasteiger partial charge in [0.25, 0.3) is 0 Å². The predicted octanol–water partition coefficient (Wildman–Crippen LogP) is 1.60. The third-order valence-corrected chi connectivity index (χ3v) is 1.94. The lowest BCUT2D eigenvalue weighted by Crippen LogP contribution is -1.90. The standard InChI is InChI=1S/C9H10N2O/c1-2-9-10-6-7-8(12)4-3-5-11(7)9/h3-6,12H,2H2,1H3. The molecule has 0 unspecified atom stereocenters. The number of aryl methyl sites for hydroxylation is 1. The Morgan fingerprint density at radius 3 is 3.17 bits per heavy atom. The Hall–Kier alpha value is -1.51. The summed E-state index contributed by atoms with van der Waals surface area (Å²) in [5.74, 6) is 1.26. The molecule has 3 nitrogen and oxygen atoms in total. The van der Waals surface area contributed by atoms with Gasteiger partial charge < -0.3 is 9.51 Å². The molecule has 2 aromatic rings. The van der Waals surface area contributed by atoms with Gasteiger partial charge in [-0.15, -0.1) is 0 Å². The van der Waals surface area contributed by atoms with Gasteiger partial charge in [-0.1, -0.05) is 6.92 Å². The van der Waals surface area contributed by atoms with Crippen LogP contribution in [0, 0.1) is 0 Å². The second-order valence-electron chi connectivity index (χ2n) is 2.68. The number of aromatic hydroxyl groups is 1. The van der Waals surface area contributed by atoms with Gasteiger partial charge in [0, 0.05) is 12.6 Å². The summed E-state index contributed by atoms with van der Waals surface area (Å²) in [5.41, 5.74) is 0.773. The molecule has 2 heterocycles. The third kappa shape index (κ3) is 0.863. The van der Waals surface area contributed by atoms with Crippen LogP contribution in [0.2, 0.25) is 0 Å². The lowest BCUT2D eigenvalue weighted by Gasteiger charge is -1.98. The van der Waals surface area contributed by atoms with Crippen LogP contribution in [0.5, 0.6) is 5.75 Å². The molecule has 0 aliphatic rings. The minimum absolute atomic E-state index is 0.282. The van der Waals surface area contributed by atoms with Gasteiger partial charge >= 0.3 is 0 Å². The number of hydrogen-bond acceptors (Lipinski definition) is 2. The number of fused-ring (bicyclic) bond motifs is 1. The van der Waals surface area contributed by atoms with Gasteiger partial charge in [0.2, 0.25) is 0 Å². The second-order valence-corrected chi connectivity index (χ2v) is 2.68. The molecule has 12 heavy (non-hydrogen) atoms. The summed E-state index contributed by atoms with van der Waals surface area (Å²) in [5, 5.41) is 9.42. The molecule has 2 aromatic heterocycles. The van der Waals surface area contributed by atoms with Crippen LogP contribution in [0.25, 0.3) is 5.52 Å². The number of rotatable bonds is 1. The molecular formula is C9H10N2O. The van der Waals surface area contributed by atoms with E-state index in [1.807, 2.05) is 23.6 Å². The summed E-state index contributed by atoms with van der Waals surface area (Å²) in [4.78, 5) is 4.18. The number of imidazole rings is 1. The lowest BCUT2D eigenvalue weighted by molar-refractivity contribution is 0.479. The van der Waals surface area contributed by atoms with Crippen LogP contribution in [-0.2, 0) is 6.42 Å². The van der Waals surface area contributed by atoms with Crippen LogP contribution >= 0.6 is 0 Å². The number of aromatic nitrogens is 2. The van der Waals surface area contributed by atoms with Crippen LogP contribution in [0.1, 0.15) is 12.7 Å². The third-order valence-electron chi connectivity index (χ3n) is 1.94. The highest BCUT2D eigenvalue weighted by atomic mass is 16.3. The Kier molecular flexibility index (Phi) is 1.50. The van der Waals surface area contributed by atoms with E-state index in [9.17, 15) is 5.11 Å². The van der Waals surface area contributed by atoms with E-state index in [1.165, 1.54) is 0 Å². The van der Waals surface area contributed by atoms with Gasteiger partial charge in [-0.25, -0.2) is 4.98 Å². The van der Waals surface area contributed by atoms with Crippen molar-refractivity contribution in [3.05, 3.63) is 30.4 Å². The molecule has 0 bridgehead atoms. The Labute approximate surface area is 70.3 Å². The Morgan fingerprint density at radius 2 is 2.42 bits per heavy atom. The van der Waals surface area contributed by atoms with Crippen LogP contribution in [0.15, 0.2) is 24.5 Å². The highest BCUT2D eigenvalue weighted by Crippen LogP contribution is 2.18. The van der Waals surface area contributed by atoms with Crippen molar-refractivity contribution in [1.29, 1.82) is 0 Å². The average molecular weight is 162 g/mol. The largest absolute Gasteiger partial charge is 0.506 e. The maximum absolute atomic E-state index is 9.42. The highest BCUT2D eigenvalue weighted by molar-refractivity contribution is 5.58. The van der Waals surface area contributed by atoms with Gasteiger partial charge in [-0.3, -0.25) is 0 Å². The molecule has 0 amide bonds. The molecule has 0 spiro atoms. The molecule has 3 heteroatoms. The lowest BCUT2D eigenvalue weighted by atomic mass is 10.4. The fourth-order valence-corrected chi connectivity index (χ4v) is 1.32. The van der Waals surface area contributed by atoms with E-state index >= 15 is 0 Å². The first-order valence-electron chi connectivity index (χ1n) is 3.97. The summed E-state index contributed by atoms with van der Waals surface area (Å²) < 4.78 is 1.90. The number of pyridine rings is 1. The maximum atomic E-state index is 9.42. The number of hydrogen-bond donors (Lipinski definition) is 1. The zero-order chi connectivity index (χ0) is 8.55. The Balaban J connectivity index is 2.80. The van der Waals surface area contributed by atoms with Crippen LogP contribution in [-0.4, -0.2) is 14.5 Å². The van der Waals surface area contributed by atoms with Gasteiger partial charge in [0.1, 0.15) is 17.1 Å². The van der Waals surface area contributed by atoms with Crippen LogP contribution in [0.3, 0.4) is 0 Å². The van der Waals surface area contributed by atoms with E-state index < -0.39 is 0 Å². The smallest absolute Gasteiger partial charge is 0.141 e. The van der Waals surface area contributed by atoms with Gasteiger partial charge in [0.15, 0.2) is 0 Å². The van der Waals surface area contributed by atoms with Crippen molar-refractivity contribution < 1.29 is 5.11 Å². The minimum Gasteiger partial charge on any atom is -0.506 e. The van der Waals surface area contributed by atoms with Crippen LogP contribution in [0.4, 0.5) is 0 Å². The van der Waals surface area contributed by atoms with E-state index in [-0.39, 0.29) is 5.75 Å². The van der Waals surface area contributed by atoms with Crippen molar-refractivity contribution in [3.8, 4) is 5.75 Å². The molecule has 0 saturated heterocycles. The molecule has 0 aliphatic heterocycles. The van der Waals surface area contributed by atoms with Gasteiger partial charge in [-0.05, 0) is 12.1 Å². The molecule has 0 radical (unpaired) electrons. The van der Waals surface area contributed by atoms with Crippen LogP contribution < -0.4 is 0 Å². The summed E-state index contributed by atoms with van der Waals surface area (Å²) in [7, 11) is 0. The SMILES string of the molecule is CCc1ncc2c(O)cccn12. The van der Waals surface area contributed by atoms with E-state index in [1.54, 1.807) is 12.3 Å². The molecule has 2 rings (SSSR count). The van der Waals surface area contributed by atoms with Crippen molar-refractivity contribution in [2.24, 2.45) is 0 Å². The normalized spacial score (nSPS) is 10.8. The van der Waals surface area contributed by atoms with E-state index in [2.05, 4.69) is 4.98 Å². The quantitative estimate of drug-likeness (QED) is 0.691. The molecule has 0 atom stereocenters. The zero-order valence-corrected chi connectivity index (χ0v) is 6.86. The van der Waals surface area contributed by atoms with E-state index in [0.29, 0.717) is 0 Å². The van der Waals surface area contributed by atoms with Crippen molar-refractivity contribution in [1.82, 2.24) is 9.38 Å². The fourth-order valence-electron chi connectivity index (χ4n) is 1.32. The average Bonchev–Trinajstić information content (AvgIpc) is 2.49. The molecule has 1 N–H and O–H groups in total. The summed E-state index contributed by atoms with van der Waals surface area (Å²) >= 11 is 0.